The number of carbonyl (C=O) groups is 1. The lowest BCUT2D eigenvalue weighted by atomic mass is 10.00. The van der Waals surface area contributed by atoms with Crippen molar-refractivity contribution in [1.29, 1.82) is 5.26 Å². The second-order valence-corrected chi connectivity index (χ2v) is 5.56. The van der Waals surface area contributed by atoms with E-state index in [2.05, 4.69) is 5.32 Å². The first-order valence-corrected chi connectivity index (χ1v) is 7.73. The van der Waals surface area contributed by atoms with Crippen LogP contribution in [0.5, 0.6) is 5.75 Å². The predicted octanol–water partition coefficient (Wildman–Crippen LogP) is 1.98. The number of aliphatic hydroxyl groups is 1. The summed E-state index contributed by atoms with van der Waals surface area (Å²) in [5.74, 6) is -0.370. The third-order valence-electron chi connectivity index (χ3n) is 3.92. The van der Waals surface area contributed by atoms with Crippen molar-refractivity contribution in [2.24, 2.45) is 0 Å². The highest BCUT2D eigenvalue weighted by atomic mass is 16.3. The molecule has 0 aliphatic carbocycles. The molecule has 0 aromatic heterocycles. The number of nitrogens with one attached hydrogen (secondary N) is 1. The van der Waals surface area contributed by atoms with Gasteiger partial charge in [0.25, 0.3) is 5.91 Å². The minimum absolute atomic E-state index is 0.0305. The Morgan fingerprint density at radius 1 is 1.39 bits per heavy atom. The van der Waals surface area contributed by atoms with Crippen LogP contribution < -0.4 is 5.32 Å². The molecule has 0 bridgehead atoms. The minimum Gasteiger partial charge on any atom is -0.508 e. The van der Waals surface area contributed by atoms with Gasteiger partial charge in [-0.25, -0.2) is 0 Å². The van der Waals surface area contributed by atoms with E-state index in [0.29, 0.717) is 12.1 Å². The fourth-order valence-corrected chi connectivity index (χ4v) is 2.70. The van der Waals surface area contributed by atoms with E-state index in [1.807, 2.05) is 11.0 Å². The maximum Gasteiger partial charge on any atom is 0.267 e. The van der Waals surface area contributed by atoms with E-state index in [1.165, 1.54) is 12.1 Å². The molecule has 23 heavy (non-hydrogen) atoms. The second-order valence-electron chi connectivity index (χ2n) is 5.56. The highest BCUT2D eigenvalue weighted by Gasteiger charge is 2.21. The summed E-state index contributed by atoms with van der Waals surface area (Å²) in [7, 11) is 0. The fourth-order valence-electron chi connectivity index (χ4n) is 2.70. The van der Waals surface area contributed by atoms with Crippen molar-refractivity contribution in [3.63, 3.8) is 0 Å². The number of aromatic hydroxyl groups is 1. The van der Waals surface area contributed by atoms with E-state index in [9.17, 15) is 15.2 Å². The predicted molar refractivity (Wildman–Crippen MR) is 86.5 cm³/mol. The number of aliphatic hydroxyl groups excluding tert-OH is 1. The minimum atomic E-state index is -0.480. The van der Waals surface area contributed by atoms with Crippen molar-refractivity contribution in [1.82, 2.24) is 4.90 Å². The number of anilines is 1. The molecule has 0 spiro atoms. The summed E-state index contributed by atoms with van der Waals surface area (Å²) >= 11 is 0. The van der Waals surface area contributed by atoms with Gasteiger partial charge in [-0.3, -0.25) is 4.79 Å². The number of phenols is 1. The normalized spacial score (nSPS) is 18.3. The molecular weight excluding hydrogens is 294 g/mol. The fraction of sp³-hybridized carbons (Fsp3) is 0.412. The molecule has 1 amide bonds. The van der Waals surface area contributed by atoms with Crippen LogP contribution in [0.15, 0.2) is 36.0 Å². The lowest BCUT2D eigenvalue weighted by molar-refractivity contribution is -0.112. The first-order valence-electron chi connectivity index (χ1n) is 7.73. The van der Waals surface area contributed by atoms with Crippen LogP contribution in [0.25, 0.3) is 0 Å². The molecule has 6 heteroatoms. The van der Waals surface area contributed by atoms with E-state index < -0.39 is 5.91 Å². The number of amides is 1. The average molecular weight is 315 g/mol. The summed E-state index contributed by atoms with van der Waals surface area (Å²) in [6, 6.07) is 8.17. The molecule has 1 aromatic carbocycles. The SMILES string of the molecule is N#C/C(=C/N1CCCCC1CCO)C(=O)Nc1ccc(O)cc1. The van der Waals surface area contributed by atoms with Crippen LogP contribution >= 0.6 is 0 Å². The number of rotatable bonds is 5. The number of hydrogen-bond acceptors (Lipinski definition) is 5. The summed E-state index contributed by atoms with van der Waals surface area (Å²) in [4.78, 5) is 14.2. The molecule has 1 atom stereocenters. The van der Waals surface area contributed by atoms with Gasteiger partial charge < -0.3 is 20.4 Å². The first kappa shape index (κ1) is 16.8. The lowest BCUT2D eigenvalue weighted by Gasteiger charge is -2.34. The third kappa shape index (κ3) is 4.73. The van der Waals surface area contributed by atoms with Gasteiger partial charge in [-0.15, -0.1) is 0 Å². The van der Waals surface area contributed by atoms with Crippen molar-refractivity contribution in [2.45, 2.75) is 31.7 Å². The highest BCUT2D eigenvalue weighted by Crippen LogP contribution is 2.21. The Kier molecular flexibility index (Phi) is 6.01. The van der Waals surface area contributed by atoms with Crippen molar-refractivity contribution >= 4 is 11.6 Å². The molecule has 3 N–H and O–H groups in total. The van der Waals surface area contributed by atoms with Crippen LogP contribution in [0, 0.1) is 11.3 Å². The molecule has 122 valence electrons. The van der Waals surface area contributed by atoms with Gasteiger partial charge in [0.15, 0.2) is 0 Å². The van der Waals surface area contributed by atoms with Crippen molar-refractivity contribution < 1.29 is 15.0 Å². The molecule has 6 nitrogen and oxygen atoms in total. The monoisotopic (exact) mass is 315 g/mol. The second kappa shape index (κ2) is 8.20. The van der Waals surface area contributed by atoms with Crippen LogP contribution in [0.3, 0.4) is 0 Å². The zero-order valence-electron chi connectivity index (χ0n) is 12.9. The van der Waals surface area contributed by atoms with Crippen LogP contribution in [0.1, 0.15) is 25.7 Å². The molecule has 1 aliphatic heterocycles. The molecule has 0 radical (unpaired) electrons. The summed E-state index contributed by atoms with van der Waals surface area (Å²) in [6.07, 6.45) is 5.28. The largest absolute Gasteiger partial charge is 0.508 e. The maximum atomic E-state index is 12.2. The van der Waals surface area contributed by atoms with Crippen LogP contribution in [0.4, 0.5) is 5.69 Å². The molecule has 1 heterocycles. The maximum absolute atomic E-state index is 12.2. The Labute approximate surface area is 135 Å². The summed E-state index contributed by atoms with van der Waals surface area (Å²) < 4.78 is 0. The zero-order chi connectivity index (χ0) is 16.7. The number of nitrogens with zero attached hydrogens (tertiary/aromatic N) is 2. The van der Waals surface area contributed by atoms with Gasteiger partial charge >= 0.3 is 0 Å². The van der Waals surface area contributed by atoms with E-state index in [0.717, 1.165) is 25.8 Å². The number of likely N-dealkylation sites (tertiary alicyclic amines) is 1. The van der Waals surface area contributed by atoms with Gasteiger partial charge in [0.1, 0.15) is 17.4 Å². The van der Waals surface area contributed by atoms with Crippen LogP contribution in [0.2, 0.25) is 0 Å². The molecule has 1 unspecified atom stereocenters. The Hall–Kier alpha value is -2.52. The van der Waals surface area contributed by atoms with E-state index in [1.54, 1.807) is 18.3 Å². The topological polar surface area (TPSA) is 96.6 Å². The Balaban J connectivity index is 2.09. The number of nitriles is 1. The molecule has 0 saturated carbocycles. The summed E-state index contributed by atoms with van der Waals surface area (Å²) in [5, 5.41) is 30.3. The van der Waals surface area contributed by atoms with Crippen molar-refractivity contribution in [2.75, 3.05) is 18.5 Å². The third-order valence-corrected chi connectivity index (χ3v) is 3.92. The van der Waals surface area contributed by atoms with E-state index in [-0.39, 0.29) is 24.0 Å². The number of phenolic OH excluding ortho intramolecular Hbond substituents is 1. The Bertz CT molecular complexity index is 603. The number of piperidine rings is 1. The molecule has 1 aromatic rings. The van der Waals surface area contributed by atoms with Gasteiger partial charge in [0, 0.05) is 31.1 Å². The smallest absolute Gasteiger partial charge is 0.267 e. The molecule has 1 saturated heterocycles. The summed E-state index contributed by atoms with van der Waals surface area (Å²) in [6.45, 7) is 0.874. The summed E-state index contributed by atoms with van der Waals surface area (Å²) in [5.41, 5.74) is 0.544. The van der Waals surface area contributed by atoms with Crippen molar-refractivity contribution in [3.05, 3.63) is 36.0 Å². The van der Waals surface area contributed by atoms with Gasteiger partial charge in [0.2, 0.25) is 0 Å². The van der Waals surface area contributed by atoms with Gasteiger partial charge in [-0.1, -0.05) is 0 Å². The lowest BCUT2D eigenvalue weighted by Crippen LogP contribution is -2.37. The average Bonchev–Trinajstić information content (AvgIpc) is 2.56. The van der Waals surface area contributed by atoms with Gasteiger partial charge in [-0.2, -0.15) is 5.26 Å². The molecule has 2 rings (SSSR count). The zero-order valence-corrected chi connectivity index (χ0v) is 12.9. The van der Waals surface area contributed by atoms with Gasteiger partial charge in [-0.05, 0) is 49.9 Å². The number of hydrogen-bond donors (Lipinski definition) is 3. The number of benzene rings is 1. The highest BCUT2D eigenvalue weighted by molar-refractivity contribution is 6.06. The van der Waals surface area contributed by atoms with Gasteiger partial charge in [0.05, 0.1) is 0 Å². The Morgan fingerprint density at radius 2 is 2.13 bits per heavy atom. The quantitative estimate of drug-likeness (QED) is 0.438. The molecule has 1 fully saturated rings. The standard InChI is InChI=1S/C17H21N3O3/c18-11-13(12-20-9-2-1-3-15(20)8-10-21)17(23)19-14-4-6-16(22)7-5-14/h4-7,12,15,21-22H,1-3,8-10H2,(H,19,23)/b13-12-. The van der Waals surface area contributed by atoms with Crippen molar-refractivity contribution in [3.8, 4) is 11.8 Å². The number of carbonyl (C=O) groups excluding carboxylic acids is 1. The van der Waals surface area contributed by atoms with E-state index >= 15 is 0 Å². The van der Waals surface area contributed by atoms with Crippen LogP contribution in [-0.4, -0.2) is 40.2 Å². The Morgan fingerprint density at radius 3 is 2.78 bits per heavy atom. The molecule has 1 aliphatic rings. The first-order chi connectivity index (χ1) is 11.1. The van der Waals surface area contributed by atoms with Crippen LogP contribution in [-0.2, 0) is 4.79 Å². The van der Waals surface area contributed by atoms with E-state index in [4.69, 9.17) is 5.11 Å². The molecular formula is C17H21N3O3.